The zero-order valence-corrected chi connectivity index (χ0v) is 35.2. The molecule has 13 aromatic rings. The molecule has 0 bridgehead atoms. The minimum Gasteiger partial charge on any atom is -0.0622 e. The summed E-state index contributed by atoms with van der Waals surface area (Å²) in [7, 11) is 0. The topological polar surface area (TPSA) is 0 Å². The molecule has 0 aliphatic rings. The van der Waals surface area contributed by atoms with E-state index in [2.05, 4.69) is 243 Å². The van der Waals surface area contributed by atoms with Gasteiger partial charge in [-0.3, -0.25) is 0 Å². The first kappa shape index (κ1) is 36.6. The van der Waals surface area contributed by atoms with E-state index in [1.165, 1.54) is 120 Å². The van der Waals surface area contributed by atoms with Gasteiger partial charge in [-0.15, -0.1) is 0 Å². The first-order valence-electron chi connectivity index (χ1n) is 22.5. The van der Waals surface area contributed by atoms with Crippen molar-refractivity contribution in [1.29, 1.82) is 0 Å². The van der Waals surface area contributed by atoms with E-state index in [0.29, 0.717) is 0 Å². The van der Waals surface area contributed by atoms with E-state index in [-0.39, 0.29) is 11.8 Å². The van der Waals surface area contributed by atoms with Crippen LogP contribution in [0.1, 0.15) is 45.2 Å². The molecule has 2 unspecified atom stereocenters. The van der Waals surface area contributed by atoms with Gasteiger partial charge in [0.2, 0.25) is 0 Å². The predicted octanol–water partition coefficient (Wildman–Crippen LogP) is 17.3. The Morgan fingerprint density at radius 1 is 0.156 bits per heavy atom. The van der Waals surface area contributed by atoms with E-state index in [1.807, 2.05) is 0 Å². The summed E-state index contributed by atoms with van der Waals surface area (Å²) in [5, 5.41) is 20.5. The van der Waals surface area contributed by atoms with E-state index in [9.17, 15) is 0 Å². The van der Waals surface area contributed by atoms with Crippen molar-refractivity contribution < 1.29 is 0 Å². The molecule has 0 spiro atoms. The van der Waals surface area contributed by atoms with Crippen LogP contribution in [0.5, 0.6) is 0 Å². The Bertz CT molecular complexity index is 3690. The average Bonchev–Trinajstić information content (AvgIpc) is 3.37. The minimum atomic E-state index is 0.0872. The van der Waals surface area contributed by atoms with Crippen LogP contribution in [0, 0.1) is 0 Å². The number of rotatable bonds is 6. The van der Waals surface area contributed by atoms with Crippen LogP contribution < -0.4 is 0 Å². The smallest absolute Gasteiger partial charge is 0.0340 e. The number of benzene rings is 13. The van der Waals surface area contributed by atoms with E-state index in [0.717, 1.165) is 0 Å². The maximum atomic E-state index is 2.49. The highest BCUT2D eigenvalue weighted by Crippen LogP contribution is 2.45. The second-order valence-electron chi connectivity index (χ2n) is 17.5. The molecule has 0 heteroatoms. The highest BCUT2D eigenvalue weighted by atomic mass is 14.3. The van der Waals surface area contributed by atoms with Crippen molar-refractivity contribution in [2.24, 2.45) is 0 Å². The normalized spacial score (nSPS) is 12.9. The van der Waals surface area contributed by atoms with Crippen LogP contribution >= 0.6 is 0 Å². The molecule has 0 heterocycles. The SMILES string of the molecule is c1ccc(C(c2ccc3ccccc3c2)c2ccc3c(c2)c2ccccc2c2cc4c5ccc(C(c6ccccc6)c6ccc7ccccc7c6)cc5c5ccccc5c4cc32)cc1. The largest absolute Gasteiger partial charge is 0.0622 e. The fraction of sp³-hybridized carbons (Fsp3) is 0.0312. The van der Waals surface area contributed by atoms with Gasteiger partial charge in [-0.25, -0.2) is 0 Å². The maximum absolute atomic E-state index is 2.49. The molecule has 64 heavy (non-hydrogen) atoms. The van der Waals surface area contributed by atoms with E-state index in [4.69, 9.17) is 0 Å². The Balaban J connectivity index is 1.04. The molecular weight excluding hydrogens is 769 g/mol. The van der Waals surface area contributed by atoms with E-state index < -0.39 is 0 Å². The van der Waals surface area contributed by atoms with Crippen molar-refractivity contribution in [2.45, 2.75) is 11.8 Å². The summed E-state index contributed by atoms with van der Waals surface area (Å²) >= 11 is 0. The van der Waals surface area contributed by atoms with Gasteiger partial charge in [0.15, 0.2) is 0 Å². The fourth-order valence-corrected chi connectivity index (χ4v) is 11.0. The summed E-state index contributed by atoms with van der Waals surface area (Å²) in [4.78, 5) is 0. The van der Waals surface area contributed by atoms with Gasteiger partial charge in [0, 0.05) is 11.8 Å². The molecule has 0 aliphatic heterocycles. The van der Waals surface area contributed by atoms with E-state index >= 15 is 0 Å². The molecule has 0 saturated heterocycles. The predicted molar refractivity (Wildman–Crippen MR) is 274 cm³/mol. The third-order valence-corrected chi connectivity index (χ3v) is 14.0. The van der Waals surface area contributed by atoms with Gasteiger partial charge in [0.05, 0.1) is 0 Å². The van der Waals surface area contributed by atoms with Crippen LogP contribution in [0.15, 0.2) is 243 Å². The molecule has 13 rings (SSSR count). The van der Waals surface area contributed by atoms with Gasteiger partial charge in [-0.2, -0.15) is 0 Å². The van der Waals surface area contributed by atoms with Gasteiger partial charge >= 0.3 is 0 Å². The molecule has 0 N–H and O–H groups in total. The molecule has 0 saturated carbocycles. The fourth-order valence-electron chi connectivity index (χ4n) is 11.0. The standard InChI is InChI=1S/C64H42/c1-3-17-43(18-4-1)63(47-29-27-41-15-7-9-21-45(41)35-47)49-31-33-55-57(37-49)51-23-11-13-25-53(51)59-40-62-56-34-32-50(38-58(56)52-24-12-14-26-54(52)60(62)39-61(55)59)64(44-19-5-2-6-20-44)48-30-28-42-16-8-10-22-46(42)36-48/h1-40,63-64H. The molecule has 0 radical (unpaired) electrons. The van der Waals surface area contributed by atoms with Crippen molar-refractivity contribution in [3.63, 3.8) is 0 Å². The Morgan fingerprint density at radius 2 is 0.438 bits per heavy atom. The molecule has 0 amide bonds. The van der Waals surface area contributed by atoms with Crippen LogP contribution in [-0.4, -0.2) is 0 Å². The second-order valence-corrected chi connectivity index (χ2v) is 17.5. The lowest BCUT2D eigenvalue weighted by Crippen LogP contribution is -2.04. The summed E-state index contributed by atoms with van der Waals surface area (Å²) in [6, 6.07) is 90.9. The third kappa shape index (κ3) is 5.91. The highest BCUT2D eigenvalue weighted by molar-refractivity contribution is 6.33. The lowest BCUT2D eigenvalue weighted by molar-refractivity contribution is 0.983. The number of hydrogen-bond acceptors (Lipinski definition) is 0. The van der Waals surface area contributed by atoms with Gasteiger partial charge in [0.1, 0.15) is 0 Å². The van der Waals surface area contributed by atoms with Crippen LogP contribution in [0.2, 0.25) is 0 Å². The van der Waals surface area contributed by atoms with Crippen molar-refractivity contribution >= 4 is 86.2 Å². The summed E-state index contributed by atoms with van der Waals surface area (Å²) in [5.74, 6) is 0.174. The van der Waals surface area contributed by atoms with Crippen LogP contribution in [0.3, 0.4) is 0 Å². The maximum Gasteiger partial charge on any atom is 0.0340 e. The summed E-state index contributed by atoms with van der Waals surface area (Å²) in [5.41, 5.74) is 7.78. The van der Waals surface area contributed by atoms with Gasteiger partial charge in [0.25, 0.3) is 0 Å². The Kier molecular flexibility index (Phi) is 8.46. The second kappa shape index (κ2) is 14.8. The zero-order valence-electron chi connectivity index (χ0n) is 35.2. The lowest BCUT2D eigenvalue weighted by atomic mass is 9.81. The van der Waals surface area contributed by atoms with Crippen LogP contribution in [0.25, 0.3) is 86.2 Å². The Hall–Kier alpha value is -8.06. The first-order chi connectivity index (χ1) is 31.7. The van der Waals surface area contributed by atoms with Crippen molar-refractivity contribution in [1.82, 2.24) is 0 Å². The summed E-state index contributed by atoms with van der Waals surface area (Å²) in [6.45, 7) is 0. The summed E-state index contributed by atoms with van der Waals surface area (Å²) in [6.07, 6.45) is 0. The lowest BCUT2D eigenvalue weighted by Gasteiger charge is -2.22. The molecule has 0 nitrogen and oxygen atoms in total. The number of fused-ring (bicyclic) bond motifs is 14. The highest BCUT2D eigenvalue weighted by Gasteiger charge is 2.22. The minimum absolute atomic E-state index is 0.0872. The molecule has 13 aromatic carbocycles. The Morgan fingerprint density at radius 3 is 0.828 bits per heavy atom. The molecule has 0 aromatic heterocycles. The third-order valence-electron chi connectivity index (χ3n) is 14.0. The van der Waals surface area contributed by atoms with Crippen molar-refractivity contribution in [3.05, 3.63) is 276 Å². The average molecular weight is 811 g/mol. The Labute approximate surface area is 372 Å². The zero-order chi connectivity index (χ0) is 42.1. The molecule has 0 fully saturated rings. The molecule has 2 atom stereocenters. The van der Waals surface area contributed by atoms with Gasteiger partial charge < -0.3 is 0 Å². The van der Waals surface area contributed by atoms with Gasteiger partial charge in [-0.05, 0) is 144 Å². The van der Waals surface area contributed by atoms with Crippen molar-refractivity contribution in [2.75, 3.05) is 0 Å². The number of hydrogen-bond donors (Lipinski definition) is 0. The quantitative estimate of drug-likeness (QED) is 0.0891. The molecule has 298 valence electrons. The molecular formula is C64H42. The van der Waals surface area contributed by atoms with Crippen LogP contribution in [-0.2, 0) is 0 Å². The first-order valence-corrected chi connectivity index (χ1v) is 22.5. The monoisotopic (exact) mass is 810 g/mol. The summed E-state index contributed by atoms with van der Waals surface area (Å²) < 4.78 is 0. The van der Waals surface area contributed by atoms with Crippen molar-refractivity contribution in [3.8, 4) is 0 Å². The molecule has 0 aliphatic carbocycles. The van der Waals surface area contributed by atoms with Crippen LogP contribution in [0.4, 0.5) is 0 Å². The van der Waals surface area contributed by atoms with Gasteiger partial charge in [-0.1, -0.05) is 218 Å². The van der Waals surface area contributed by atoms with E-state index in [1.54, 1.807) is 0 Å².